The van der Waals surface area contributed by atoms with Gasteiger partial charge in [0.2, 0.25) is 5.91 Å². The maximum Gasteiger partial charge on any atom is 0.238 e. The monoisotopic (exact) mass is 357 g/mol. The molecule has 25 heavy (non-hydrogen) atoms. The Balaban J connectivity index is 1.77. The molecule has 1 amide bonds. The second-order valence-electron chi connectivity index (χ2n) is 5.21. The molecule has 3 rings (SSSR count). The number of nitrogens with zero attached hydrogens (tertiary/aromatic N) is 3. The molecule has 0 unspecified atom stereocenters. The molecule has 7 nitrogen and oxygen atoms in total. The molecule has 2 aromatic heterocycles. The van der Waals surface area contributed by atoms with Crippen molar-refractivity contribution in [3.63, 3.8) is 0 Å². The van der Waals surface area contributed by atoms with Crippen LogP contribution in [-0.2, 0) is 4.79 Å². The maximum atomic E-state index is 12.7. The van der Waals surface area contributed by atoms with Gasteiger partial charge in [-0.15, -0.1) is 0 Å². The van der Waals surface area contributed by atoms with E-state index in [1.165, 1.54) is 18.1 Å². The van der Waals surface area contributed by atoms with Gasteiger partial charge in [0, 0.05) is 0 Å². The van der Waals surface area contributed by atoms with Crippen LogP contribution in [0.25, 0.3) is 11.2 Å². The molecule has 2 heterocycles. The smallest absolute Gasteiger partial charge is 0.238 e. The Labute approximate surface area is 149 Å². The Bertz CT molecular complexity index is 867. The molecule has 0 saturated carbocycles. The van der Waals surface area contributed by atoms with E-state index in [-0.39, 0.29) is 11.2 Å². The number of aromatic nitrogens is 4. The lowest BCUT2D eigenvalue weighted by Crippen LogP contribution is -2.25. The molecule has 0 aliphatic rings. The summed E-state index contributed by atoms with van der Waals surface area (Å²) in [6, 6.07) is 7.41. The zero-order chi connectivity index (χ0) is 17.6. The first kappa shape index (κ1) is 17.2. The number of anilines is 1. The molecule has 0 fully saturated rings. The van der Waals surface area contributed by atoms with Crippen LogP contribution in [0.3, 0.4) is 0 Å². The molecule has 130 valence electrons. The Morgan fingerprint density at radius 2 is 2.12 bits per heavy atom. The Morgan fingerprint density at radius 1 is 1.28 bits per heavy atom. The highest BCUT2D eigenvalue weighted by atomic mass is 32.2. The number of para-hydroxylation sites is 2. The van der Waals surface area contributed by atoms with Crippen molar-refractivity contribution in [2.24, 2.45) is 0 Å². The van der Waals surface area contributed by atoms with Gasteiger partial charge in [-0.3, -0.25) is 4.79 Å². The van der Waals surface area contributed by atoms with Crippen LogP contribution in [0.1, 0.15) is 20.3 Å². The van der Waals surface area contributed by atoms with Gasteiger partial charge in [0.15, 0.2) is 5.65 Å². The first-order chi connectivity index (χ1) is 12.2. The van der Waals surface area contributed by atoms with Gasteiger partial charge in [-0.2, -0.15) is 0 Å². The van der Waals surface area contributed by atoms with Crippen molar-refractivity contribution >= 4 is 34.5 Å². The number of hydrogen-bond acceptors (Lipinski definition) is 6. The summed E-state index contributed by atoms with van der Waals surface area (Å²) >= 11 is 1.39. The van der Waals surface area contributed by atoms with Crippen molar-refractivity contribution in [3.05, 3.63) is 36.9 Å². The first-order valence-corrected chi connectivity index (χ1v) is 8.94. The van der Waals surface area contributed by atoms with Gasteiger partial charge in [-0.25, -0.2) is 15.0 Å². The predicted molar refractivity (Wildman–Crippen MR) is 97.9 cm³/mol. The summed E-state index contributed by atoms with van der Waals surface area (Å²) in [6.45, 7) is 4.42. The number of fused-ring (bicyclic) bond motifs is 1. The van der Waals surface area contributed by atoms with Crippen molar-refractivity contribution in [1.29, 1.82) is 0 Å². The van der Waals surface area contributed by atoms with E-state index in [1.54, 1.807) is 6.33 Å². The molecule has 3 aromatic rings. The van der Waals surface area contributed by atoms with Gasteiger partial charge in [0.25, 0.3) is 0 Å². The van der Waals surface area contributed by atoms with Gasteiger partial charge in [0.1, 0.15) is 22.6 Å². The number of aromatic amines is 1. The van der Waals surface area contributed by atoms with E-state index in [4.69, 9.17) is 4.74 Å². The highest BCUT2D eigenvalue weighted by Gasteiger charge is 2.21. The molecule has 8 heteroatoms. The van der Waals surface area contributed by atoms with E-state index < -0.39 is 0 Å². The number of carbonyl (C=O) groups is 1. The summed E-state index contributed by atoms with van der Waals surface area (Å²) in [4.78, 5) is 28.2. The number of nitrogens with one attached hydrogen (secondary N) is 2. The summed E-state index contributed by atoms with van der Waals surface area (Å²) in [5.74, 6) is 0.571. The molecule has 2 N–H and O–H groups in total. The zero-order valence-electron chi connectivity index (χ0n) is 14.0. The quantitative estimate of drug-likeness (QED) is 0.498. The minimum Gasteiger partial charge on any atom is -0.492 e. The molecule has 1 aromatic carbocycles. The van der Waals surface area contributed by atoms with E-state index in [0.717, 1.165) is 5.52 Å². The summed E-state index contributed by atoms with van der Waals surface area (Å²) in [5.41, 5.74) is 2.01. The summed E-state index contributed by atoms with van der Waals surface area (Å²) < 4.78 is 5.56. The van der Waals surface area contributed by atoms with Gasteiger partial charge in [-0.1, -0.05) is 30.8 Å². The van der Waals surface area contributed by atoms with Gasteiger partial charge >= 0.3 is 0 Å². The van der Waals surface area contributed by atoms with Crippen LogP contribution in [0, 0.1) is 0 Å². The Morgan fingerprint density at radius 3 is 2.92 bits per heavy atom. The van der Waals surface area contributed by atoms with Crippen LogP contribution in [0.5, 0.6) is 5.75 Å². The average Bonchev–Trinajstić information content (AvgIpc) is 3.11. The van der Waals surface area contributed by atoms with E-state index in [0.29, 0.717) is 35.1 Å². The fraction of sp³-hybridized carbons (Fsp3) is 0.294. The standard InChI is InChI=1S/C17H19N5O2S/c1-3-13(25-17-14-15(19-9-18-14)20-10-21-17)16(23)22-11-7-5-6-8-12(11)24-4-2/h5-10,13H,3-4H2,1-2H3,(H,22,23)(H,18,19,20,21)/t13-/m1/s1. The minimum absolute atomic E-state index is 0.0917. The molecule has 0 spiro atoms. The lowest BCUT2D eigenvalue weighted by atomic mass is 10.2. The number of carbonyl (C=O) groups excluding carboxylic acids is 1. The fourth-order valence-electron chi connectivity index (χ4n) is 2.35. The van der Waals surface area contributed by atoms with Crippen LogP contribution in [-0.4, -0.2) is 37.7 Å². The third-order valence-electron chi connectivity index (χ3n) is 3.55. The van der Waals surface area contributed by atoms with E-state index in [9.17, 15) is 4.79 Å². The van der Waals surface area contributed by atoms with Crippen LogP contribution in [0.4, 0.5) is 5.69 Å². The highest BCUT2D eigenvalue weighted by molar-refractivity contribution is 8.00. The minimum atomic E-state index is -0.295. The molecular weight excluding hydrogens is 338 g/mol. The van der Waals surface area contributed by atoms with Crippen molar-refractivity contribution in [2.45, 2.75) is 30.5 Å². The van der Waals surface area contributed by atoms with Gasteiger partial charge in [0.05, 0.1) is 23.9 Å². The van der Waals surface area contributed by atoms with E-state index in [1.807, 2.05) is 38.1 Å². The number of rotatable bonds is 7. The van der Waals surface area contributed by atoms with Crippen molar-refractivity contribution in [1.82, 2.24) is 19.9 Å². The maximum absolute atomic E-state index is 12.7. The zero-order valence-corrected chi connectivity index (χ0v) is 14.8. The number of imidazole rings is 1. The molecule has 0 bridgehead atoms. The van der Waals surface area contributed by atoms with Crippen molar-refractivity contribution in [3.8, 4) is 5.75 Å². The lowest BCUT2D eigenvalue weighted by Gasteiger charge is -2.16. The number of hydrogen-bond donors (Lipinski definition) is 2. The van der Waals surface area contributed by atoms with Crippen molar-refractivity contribution in [2.75, 3.05) is 11.9 Å². The fourth-order valence-corrected chi connectivity index (χ4v) is 3.33. The van der Waals surface area contributed by atoms with Crippen LogP contribution in [0.15, 0.2) is 41.9 Å². The number of benzene rings is 1. The second-order valence-corrected chi connectivity index (χ2v) is 6.40. The summed E-state index contributed by atoms with van der Waals surface area (Å²) in [6.07, 6.45) is 3.69. The largest absolute Gasteiger partial charge is 0.492 e. The number of H-pyrrole nitrogens is 1. The van der Waals surface area contributed by atoms with Crippen molar-refractivity contribution < 1.29 is 9.53 Å². The van der Waals surface area contributed by atoms with E-state index in [2.05, 4.69) is 25.3 Å². The van der Waals surface area contributed by atoms with Gasteiger partial charge < -0.3 is 15.0 Å². The molecular formula is C17H19N5O2S. The molecule has 1 atom stereocenters. The average molecular weight is 357 g/mol. The number of amides is 1. The Hall–Kier alpha value is -2.61. The predicted octanol–water partition coefficient (Wildman–Crippen LogP) is 3.26. The number of thioether (sulfide) groups is 1. The van der Waals surface area contributed by atoms with Gasteiger partial charge in [-0.05, 0) is 25.5 Å². The molecule has 0 saturated heterocycles. The second kappa shape index (κ2) is 7.98. The Kier molecular flexibility index (Phi) is 5.49. The van der Waals surface area contributed by atoms with E-state index >= 15 is 0 Å². The van der Waals surface area contributed by atoms with Crippen LogP contribution < -0.4 is 10.1 Å². The third kappa shape index (κ3) is 3.90. The topological polar surface area (TPSA) is 92.8 Å². The third-order valence-corrected chi connectivity index (χ3v) is 4.91. The molecule has 0 aliphatic heterocycles. The van der Waals surface area contributed by atoms with Crippen LogP contribution >= 0.6 is 11.8 Å². The summed E-state index contributed by atoms with van der Waals surface area (Å²) in [7, 11) is 0. The first-order valence-electron chi connectivity index (χ1n) is 8.06. The normalized spacial score (nSPS) is 12.1. The highest BCUT2D eigenvalue weighted by Crippen LogP contribution is 2.30. The molecule has 0 radical (unpaired) electrons. The number of ether oxygens (including phenoxy) is 1. The lowest BCUT2D eigenvalue weighted by molar-refractivity contribution is -0.115. The summed E-state index contributed by atoms with van der Waals surface area (Å²) in [5, 5.41) is 3.37. The SMILES string of the molecule is CCOc1ccccc1NC(=O)[C@@H](CC)Sc1ncnc2nc[nH]c12. The molecule has 0 aliphatic carbocycles. The van der Waals surface area contributed by atoms with Crippen LogP contribution in [0.2, 0.25) is 0 Å².